The summed E-state index contributed by atoms with van der Waals surface area (Å²) < 4.78 is 42.9. The molecule has 2 aromatic carbocycles. The maximum absolute atomic E-state index is 14.3. The van der Waals surface area contributed by atoms with Gasteiger partial charge in [-0.05, 0) is 49.7 Å². The molecule has 7 nitrogen and oxygen atoms in total. The third-order valence-electron chi connectivity index (χ3n) is 5.17. The minimum absolute atomic E-state index is 0.138. The first-order valence-corrected chi connectivity index (χ1v) is 11.7. The molecule has 164 valence electrons. The number of hydrogen-bond acceptors (Lipinski definition) is 6. The van der Waals surface area contributed by atoms with Crippen LogP contribution in [0.3, 0.4) is 0 Å². The highest BCUT2D eigenvalue weighted by atomic mass is 32.2. The van der Waals surface area contributed by atoms with Crippen LogP contribution in [0.2, 0.25) is 0 Å². The second-order valence-corrected chi connectivity index (χ2v) is 9.54. The molecule has 2 aromatic heterocycles. The van der Waals surface area contributed by atoms with Crippen LogP contribution in [-0.2, 0) is 9.84 Å². The van der Waals surface area contributed by atoms with Crippen molar-refractivity contribution < 1.29 is 22.1 Å². The smallest absolute Gasteiger partial charge is 0.259 e. The lowest BCUT2D eigenvalue weighted by molar-refractivity contribution is 0.0941. The summed E-state index contributed by atoms with van der Waals surface area (Å²) in [6.45, 7) is 3.48. The Hall–Kier alpha value is -3.59. The number of carbonyl (C=O) groups excluding carboxylic acids is 1. The van der Waals surface area contributed by atoms with Gasteiger partial charge in [-0.15, -0.1) is 0 Å². The van der Waals surface area contributed by atoms with E-state index in [0.29, 0.717) is 11.1 Å². The molecular formula is C23H20FN3O4S. The lowest BCUT2D eigenvalue weighted by atomic mass is 10.0. The van der Waals surface area contributed by atoms with E-state index in [1.807, 2.05) is 0 Å². The van der Waals surface area contributed by atoms with Crippen molar-refractivity contribution in [3.63, 3.8) is 0 Å². The highest BCUT2D eigenvalue weighted by molar-refractivity contribution is 7.90. The van der Waals surface area contributed by atoms with Gasteiger partial charge in [0.25, 0.3) is 11.6 Å². The van der Waals surface area contributed by atoms with Gasteiger partial charge in [0.1, 0.15) is 5.82 Å². The number of aromatic nitrogens is 2. The summed E-state index contributed by atoms with van der Waals surface area (Å²) in [5.41, 5.74) is 2.10. The molecule has 0 radical (unpaired) electrons. The fourth-order valence-corrected chi connectivity index (χ4v) is 4.07. The van der Waals surface area contributed by atoms with Crippen LogP contribution >= 0.6 is 0 Å². The molecular weight excluding hydrogens is 433 g/mol. The van der Waals surface area contributed by atoms with Gasteiger partial charge in [0.05, 0.1) is 33.3 Å². The van der Waals surface area contributed by atoms with E-state index in [4.69, 9.17) is 4.52 Å². The molecule has 0 fully saturated rings. The van der Waals surface area contributed by atoms with Gasteiger partial charge in [0.15, 0.2) is 9.84 Å². The molecule has 1 amide bonds. The van der Waals surface area contributed by atoms with E-state index in [1.165, 1.54) is 24.3 Å². The Morgan fingerprint density at radius 1 is 1.12 bits per heavy atom. The van der Waals surface area contributed by atoms with E-state index in [1.54, 1.807) is 44.2 Å². The summed E-state index contributed by atoms with van der Waals surface area (Å²) in [6, 6.07) is 13.5. The van der Waals surface area contributed by atoms with Crippen molar-refractivity contribution in [2.24, 2.45) is 0 Å². The predicted octanol–water partition coefficient (Wildman–Crippen LogP) is 4.23. The molecule has 1 unspecified atom stereocenters. The summed E-state index contributed by atoms with van der Waals surface area (Å²) in [5.74, 6) is -0.887. The molecule has 4 aromatic rings. The number of fused-ring (bicyclic) bond motifs is 1. The Labute approximate surface area is 184 Å². The van der Waals surface area contributed by atoms with Gasteiger partial charge in [-0.2, -0.15) is 0 Å². The number of aryl methyl sites for hydroxylation is 1. The van der Waals surface area contributed by atoms with Crippen LogP contribution in [0.1, 0.15) is 34.6 Å². The maximum atomic E-state index is 14.3. The number of sulfone groups is 1. The second kappa shape index (κ2) is 8.16. The number of nitrogens with zero attached hydrogens (tertiary/aromatic N) is 2. The number of nitrogens with one attached hydrogen (secondary N) is 1. The first-order valence-electron chi connectivity index (χ1n) is 9.78. The van der Waals surface area contributed by atoms with E-state index in [-0.39, 0.29) is 27.4 Å². The molecule has 1 atom stereocenters. The van der Waals surface area contributed by atoms with Gasteiger partial charge in [-0.25, -0.2) is 17.8 Å². The first-order chi connectivity index (χ1) is 15.1. The van der Waals surface area contributed by atoms with E-state index >= 15 is 0 Å². The number of halogens is 1. The SMILES string of the molecule is Cc1noc2nc(-c3ccccc3F)cc(C(=O)NC(C)c3ccc(S(C)(=O)=O)cc3)c12. The summed E-state index contributed by atoms with van der Waals surface area (Å²) in [6.07, 6.45) is 1.14. The van der Waals surface area contributed by atoms with Gasteiger partial charge in [0, 0.05) is 11.8 Å². The van der Waals surface area contributed by atoms with Crippen LogP contribution in [0.5, 0.6) is 0 Å². The van der Waals surface area contributed by atoms with E-state index < -0.39 is 27.6 Å². The zero-order valence-electron chi connectivity index (χ0n) is 17.6. The molecule has 0 aliphatic carbocycles. The van der Waals surface area contributed by atoms with Crippen LogP contribution in [0, 0.1) is 12.7 Å². The molecule has 2 heterocycles. The molecule has 4 rings (SSSR count). The van der Waals surface area contributed by atoms with Crippen LogP contribution in [0.4, 0.5) is 4.39 Å². The van der Waals surface area contributed by atoms with Crippen molar-refractivity contribution >= 4 is 26.8 Å². The third kappa shape index (κ3) is 4.11. The fraction of sp³-hybridized carbons (Fsp3) is 0.174. The van der Waals surface area contributed by atoms with Crippen LogP contribution in [0.25, 0.3) is 22.4 Å². The molecule has 9 heteroatoms. The lowest BCUT2D eigenvalue weighted by Crippen LogP contribution is -2.27. The monoisotopic (exact) mass is 453 g/mol. The van der Waals surface area contributed by atoms with Crippen molar-refractivity contribution in [1.29, 1.82) is 0 Å². The number of amides is 1. The van der Waals surface area contributed by atoms with Gasteiger partial charge >= 0.3 is 0 Å². The Bertz CT molecular complexity index is 1430. The molecule has 0 bridgehead atoms. The van der Waals surface area contributed by atoms with Crippen LogP contribution < -0.4 is 5.32 Å². The average molecular weight is 453 g/mol. The highest BCUT2D eigenvalue weighted by Gasteiger charge is 2.22. The largest absolute Gasteiger partial charge is 0.345 e. The van der Waals surface area contributed by atoms with Crippen molar-refractivity contribution in [2.45, 2.75) is 24.8 Å². The molecule has 0 saturated heterocycles. The van der Waals surface area contributed by atoms with E-state index in [2.05, 4.69) is 15.5 Å². The molecule has 0 saturated carbocycles. The van der Waals surface area contributed by atoms with Gasteiger partial charge in [-0.1, -0.05) is 29.4 Å². The molecule has 1 N–H and O–H groups in total. The highest BCUT2D eigenvalue weighted by Crippen LogP contribution is 2.29. The molecule has 0 aliphatic heterocycles. The zero-order chi connectivity index (χ0) is 23.0. The molecule has 32 heavy (non-hydrogen) atoms. The van der Waals surface area contributed by atoms with Crippen LogP contribution in [-0.4, -0.2) is 30.7 Å². The number of carbonyl (C=O) groups is 1. The van der Waals surface area contributed by atoms with Crippen molar-refractivity contribution in [1.82, 2.24) is 15.5 Å². The Morgan fingerprint density at radius 3 is 2.47 bits per heavy atom. The minimum atomic E-state index is -3.31. The van der Waals surface area contributed by atoms with E-state index in [9.17, 15) is 17.6 Å². The van der Waals surface area contributed by atoms with Crippen molar-refractivity contribution in [3.05, 3.63) is 77.2 Å². The summed E-state index contributed by atoms with van der Waals surface area (Å²) in [4.78, 5) is 17.7. The average Bonchev–Trinajstić information content (AvgIpc) is 3.13. The topological polar surface area (TPSA) is 102 Å². The van der Waals surface area contributed by atoms with Crippen molar-refractivity contribution in [2.75, 3.05) is 6.26 Å². The summed E-state index contributed by atoms with van der Waals surface area (Å²) in [5, 5.41) is 7.24. The molecule has 0 aliphatic rings. The lowest BCUT2D eigenvalue weighted by Gasteiger charge is -2.16. The quantitative estimate of drug-likeness (QED) is 0.485. The molecule has 0 spiro atoms. The number of benzene rings is 2. The number of hydrogen-bond donors (Lipinski definition) is 1. The Balaban J connectivity index is 1.70. The zero-order valence-corrected chi connectivity index (χ0v) is 18.4. The normalized spacial score (nSPS) is 12.6. The fourth-order valence-electron chi connectivity index (χ4n) is 3.44. The predicted molar refractivity (Wildman–Crippen MR) is 117 cm³/mol. The first kappa shape index (κ1) is 21.6. The van der Waals surface area contributed by atoms with Gasteiger partial charge in [-0.3, -0.25) is 4.79 Å². The number of rotatable bonds is 5. The van der Waals surface area contributed by atoms with Crippen molar-refractivity contribution in [3.8, 4) is 11.3 Å². The second-order valence-electron chi connectivity index (χ2n) is 7.52. The third-order valence-corrected chi connectivity index (χ3v) is 6.30. The van der Waals surface area contributed by atoms with Gasteiger partial charge < -0.3 is 9.84 Å². The van der Waals surface area contributed by atoms with E-state index in [0.717, 1.165) is 11.8 Å². The summed E-state index contributed by atoms with van der Waals surface area (Å²) in [7, 11) is -3.31. The van der Waals surface area contributed by atoms with Gasteiger partial charge in [0.2, 0.25) is 0 Å². The standard InChI is InChI=1S/C23H20FN3O4S/c1-13(15-8-10-16(11-9-15)32(3,29)30)25-22(28)18-12-20(17-6-4-5-7-19(17)24)26-23-21(18)14(2)27-31-23/h4-13H,1-3H3,(H,25,28). The summed E-state index contributed by atoms with van der Waals surface area (Å²) >= 11 is 0. The maximum Gasteiger partial charge on any atom is 0.259 e. The Morgan fingerprint density at radius 2 is 1.81 bits per heavy atom. The number of pyridine rings is 1. The van der Waals surface area contributed by atoms with Crippen LogP contribution in [0.15, 0.2) is 64.0 Å². The minimum Gasteiger partial charge on any atom is -0.345 e. The Kier molecular flexibility index (Phi) is 5.52.